The van der Waals surface area contributed by atoms with Crippen LogP contribution in [0.25, 0.3) is 11.3 Å². The van der Waals surface area contributed by atoms with Gasteiger partial charge in [0.1, 0.15) is 0 Å². The Kier molecular flexibility index (Phi) is 8.11. The lowest BCUT2D eigenvalue weighted by Crippen LogP contribution is -2.36. The Morgan fingerprint density at radius 3 is 2.46 bits per heavy atom. The molecule has 3 aromatic carbocycles. The van der Waals surface area contributed by atoms with Crippen LogP contribution in [0, 0.1) is 6.92 Å². The summed E-state index contributed by atoms with van der Waals surface area (Å²) in [7, 11) is 0. The fourth-order valence-electron chi connectivity index (χ4n) is 5.00. The van der Waals surface area contributed by atoms with E-state index in [4.69, 9.17) is 0 Å². The number of aryl methyl sites for hydroxylation is 1. The van der Waals surface area contributed by atoms with Gasteiger partial charge in [-0.05, 0) is 54.4 Å². The lowest BCUT2D eigenvalue weighted by Gasteiger charge is -2.19. The molecule has 0 aromatic heterocycles. The van der Waals surface area contributed by atoms with Crippen LogP contribution >= 0.6 is 0 Å². The van der Waals surface area contributed by atoms with Crippen molar-refractivity contribution < 1.29 is 24.3 Å². The molecule has 0 radical (unpaired) electrons. The fourth-order valence-corrected chi connectivity index (χ4v) is 5.00. The number of amides is 3. The van der Waals surface area contributed by atoms with Gasteiger partial charge in [-0.15, -0.1) is 0 Å². The number of carbonyl (C=O) groups excluding carboxylic acids is 3. The summed E-state index contributed by atoms with van der Waals surface area (Å²) >= 11 is 0. The zero-order chi connectivity index (χ0) is 28.9. The van der Waals surface area contributed by atoms with Crippen molar-refractivity contribution in [3.63, 3.8) is 0 Å². The van der Waals surface area contributed by atoms with E-state index in [1.165, 1.54) is 6.07 Å². The number of hydrogen-bond donors (Lipinski definition) is 5. The van der Waals surface area contributed by atoms with Crippen LogP contribution in [0.3, 0.4) is 0 Å². The number of fused-ring (bicyclic) bond motifs is 1. The predicted octanol–water partition coefficient (Wildman–Crippen LogP) is 3.18. The van der Waals surface area contributed by atoms with E-state index in [9.17, 15) is 24.3 Å². The van der Waals surface area contributed by atoms with E-state index >= 15 is 0 Å². The molecular weight excluding hydrogens is 522 g/mol. The molecule has 0 unspecified atom stereocenters. The number of anilines is 2. The third kappa shape index (κ3) is 6.28. The predicted molar refractivity (Wildman–Crippen MR) is 156 cm³/mol. The van der Waals surface area contributed by atoms with Crippen LogP contribution in [-0.4, -0.2) is 66.4 Å². The van der Waals surface area contributed by atoms with E-state index in [1.807, 2.05) is 30.3 Å². The summed E-state index contributed by atoms with van der Waals surface area (Å²) in [4.78, 5) is 51.2. The number of carbonyl (C=O) groups is 4. The summed E-state index contributed by atoms with van der Waals surface area (Å²) < 4.78 is 0. The van der Waals surface area contributed by atoms with Crippen molar-refractivity contribution in [2.75, 3.05) is 43.4 Å². The van der Waals surface area contributed by atoms with Crippen molar-refractivity contribution in [3.05, 3.63) is 94.5 Å². The minimum absolute atomic E-state index is 0.0523. The second-order valence-corrected chi connectivity index (χ2v) is 9.99. The van der Waals surface area contributed by atoms with E-state index in [2.05, 4.69) is 26.2 Å². The van der Waals surface area contributed by atoms with Gasteiger partial charge in [0, 0.05) is 56.0 Å². The van der Waals surface area contributed by atoms with Gasteiger partial charge in [-0.1, -0.05) is 30.3 Å². The summed E-state index contributed by atoms with van der Waals surface area (Å²) in [5, 5.41) is 21.5. The fraction of sp³-hybridized carbons (Fsp3) is 0.226. The molecule has 0 bridgehead atoms. The molecule has 0 aliphatic carbocycles. The minimum atomic E-state index is -1.06. The quantitative estimate of drug-likeness (QED) is 0.270. The van der Waals surface area contributed by atoms with Gasteiger partial charge in [0.15, 0.2) is 0 Å². The van der Waals surface area contributed by atoms with Crippen LogP contribution < -0.4 is 21.3 Å². The van der Waals surface area contributed by atoms with E-state index in [0.29, 0.717) is 71.9 Å². The molecule has 10 heteroatoms. The molecule has 2 aliphatic rings. The number of hydrogen-bond acceptors (Lipinski definition) is 6. The van der Waals surface area contributed by atoms with Gasteiger partial charge < -0.3 is 26.4 Å². The van der Waals surface area contributed by atoms with Gasteiger partial charge in [0.2, 0.25) is 5.91 Å². The topological polar surface area (TPSA) is 140 Å². The highest BCUT2D eigenvalue weighted by Crippen LogP contribution is 2.39. The minimum Gasteiger partial charge on any atom is -0.478 e. The van der Waals surface area contributed by atoms with Gasteiger partial charge in [-0.25, -0.2) is 4.79 Å². The highest BCUT2D eigenvalue weighted by molar-refractivity contribution is 6.37. The number of carboxylic acid groups (broad SMARTS) is 1. The summed E-state index contributed by atoms with van der Waals surface area (Å²) in [5.41, 5.74) is 4.65. The number of rotatable bonds is 8. The molecule has 3 aromatic rings. The lowest BCUT2D eigenvalue weighted by molar-refractivity contribution is -0.120. The number of aromatic carboxylic acids is 1. The van der Waals surface area contributed by atoms with Crippen molar-refractivity contribution in [2.45, 2.75) is 13.3 Å². The van der Waals surface area contributed by atoms with Crippen LogP contribution in [0.15, 0.2) is 66.7 Å². The lowest BCUT2D eigenvalue weighted by atomic mass is 9.96. The smallest absolute Gasteiger partial charge is 0.336 e. The van der Waals surface area contributed by atoms with Crippen molar-refractivity contribution in [3.8, 4) is 0 Å². The normalized spacial score (nSPS) is 16.2. The maximum atomic E-state index is 13.2. The molecule has 0 atom stereocenters. The molecular formula is C31H31N5O5. The summed E-state index contributed by atoms with van der Waals surface area (Å²) in [6.07, 6.45) is 0.458. The third-order valence-electron chi connectivity index (χ3n) is 7.19. The first-order chi connectivity index (χ1) is 19.8. The monoisotopic (exact) mass is 553 g/mol. The average molecular weight is 554 g/mol. The van der Waals surface area contributed by atoms with Gasteiger partial charge in [0.05, 0.1) is 22.5 Å². The molecule has 5 rings (SSSR count). The van der Waals surface area contributed by atoms with Crippen molar-refractivity contribution in [1.29, 1.82) is 0 Å². The first-order valence-electron chi connectivity index (χ1n) is 13.4. The first kappa shape index (κ1) is 27.6. The zero-order valence-corrected chi connectivity index (χ0v) is 22.6. The van der Waals surface area contributed by atoms with Crippen molar-refractivity contribution >= 4 is 46.3 Å². The van der Waals surface area contributed by atoms with Gasteiger partial charge >= 0.3 is 5.97 Å². The van der Waals surface area contributed by atoms with Gasteiger partial charge in [-0.3, -0.25) is 19.3 Å². The summed E-state index contributed by atoms with van der Waals surface area (Å²) in [6, 6.07) is 19.6. The van der Waals surface area contributed by atoms with Crippen molar-refractivity contribution in [2.24, 2.45) is 0 Å². The molecule has 1 saturated heterocycles. The Balaban J connectivity index is 1.35. The molecule has 3 amide bonds. The average Bonchev–Trinajstić information content (AvgIpc) is 3.12. The first-order valence-corrected chi connectivity index (χ1v) is 13.4. The number of benzene rings is 3. The van der Waals surface area contributed by atoms with E-state index in [-0.39, 0.29) is 23.3 Å². The molecule has 210 valence electrons. The SMILES string of the molecule is Cc1cc2c(cc1C(=O)O)NC(=O)/C2=C(\Nc1ccc(C(=O)NCCN2CCNC(=O)CC2)cc1)c1ccccc1. The molecule has 2 aliphatic heterocycles. The van der Waals surface area contributed by atoms with Crippen molar-refractivity contribution in [1.82, 2.24) is 15.5 Å². The molecule has 1 fully saturated rings. The molecule has 5 N–H and O–H groups in total. The van der Waals surface area contributed by atoms with Crippen LogP contribution in [0.1, 0.15) is 43.8 Å². The number of nitrogens with one attached hydrogen (secondary N) is 4. The van der Waals surface area contributed by atoms with Crippen LogP contribution in [0.5, 0.6) is 0 Å². The van der Waals surface area contributed by atoms with E-state index < -0.39 is 5.97 Å². The van der Waals surface area contributed by atoms with Gasteiger partial charge in [0.25, 0.3) is 11.8 Å². The third-order valence-corrected chi connectivity index (χ3v) is 7.19. The molecule has 10 nitrogen and oxygen atoms in total. The zero-order valence-electron chi connectivity index (χ0n) is 22.6. The van der Waals surface area contributed by atoms with E-state index in [1.54, 1.807) is 37.3 Å². The van der Waals surface area contributed by atoms with E-state index in [0.717, 1.165) is 12.1 Å². The highest BCUT2D eigenvalue weighted by Gasteiger charge is 2.30. The number of carboxylic acids is 1. The molecule has 0 saturated carbocycles. The van der Waals surface area contributed by atoms with Gasteiger partial charge in [-0.2, -0.15) is 0 Å². The Hall–Kier alpha value is -4.96. The Morgan fingerprint density at radius 1 is 0.976 bits per heavy atom. The Bertz CT molecular complexity index is 1530. The molecule has 41 heavy (non-hydrogen) atoms. The van der Waals surface area contributed by atoms with Crippen LogP contribution in [0.2, 0.25) is 0 Å². The maximum Gasteiger partial charge on any atom is 0.336 e. The Morgan fingerprint density at radius 2 is 1.73 bits per heavy atom. The second-order valence-electron chi connectivity index (χ2n) is 9.99. The second kappa shape index (κ2) is 12.1. The number of nitrogens with zero attached hydrogens (tertiary/aromatic N) is 1. The largest absolute Gasteiger partial charge is 0.478 e. The highest BCUT2D eigenvalue weighted by atomic mass is 16.4. The summed E-state index contributed by atoms with van der Waals surface area (Å²) in [5.74, 6) is -1.54. The van der Waals surface area contributed by atoms with Crippen LogP contribution in [-0.2, 0) is 9.59 Å². The standard InChI is InChI=1S/C31H31N5O5/c1-19-17-24-25(18-23(19)31(40)41)35-30(39)27(24)28(20-5-3-2-4-6-20)34-22-9-7-21(8-10-22)29(38)33-13-16-36-14-11-26(37)32-12-15-36/h2-10,17-18,34H,11-16H2,1H3,(H,32,37)(H,33,38)(H,35,39)(H,40,41)/b28-27-. The molecule has 2 heterocycles. The molecule has 0 spiro atoms. The maximum absolute atomic E-state index is 13.2. The Labute approximate surface area is 237 Å². The summed E-state index contributed by atoms with van der Waals surface area (Å²) in [6.45, 7) is 4.86. The van der Waals surface area contributed by atoms with Crippen LogP contribution in [0.4, 0.5) is 11.4 Å².